The first-order valence-corrected chi connectivity index (χ1v) is 5.70. The minimum atomic E-state index is -0.397. The molecule has 0 spiro atoms. The summed E-state index contributed by atoms with van der Waals surface area (Å²) in [5, 5.41) is 0.567. The third-order valence-electron chi connectivity index (χ3n) is 2.33. The number of rotatable bonds is 4. The van der Waals surface area contributed by atoms with Crippen LogP contribution in [0.1, 0.15) is 10.4 Å². The van der Waals surface area contributed by atoms with Crippen molar-refractivity contribution in [2.24, 2.45) is 0 Å². The lowest BCUT2D eigenvalue weighted by Crippen LogP contribution is -2.11. The van der Waals surface area contributed by atoms with Crippen LogP contribution in [0.5, 0.6) is 5.75 Å². The normalized spacial score (nSPS) is 10.1. The molecule has 0 aromatic heterocycles. The number of Topliss-reactive ketones (excluding diaryl/α,β-unsaturated/α-hetero) is 1. The minimum Gasteiger partial charge on any atom is -0.485 e. The summed E-state index contributed by atoms with van der Waals surface area (Å²) < 4.78 is 18.1. The van der Waals surface area contributed by atoms with Crippen LogP contribution in [-0.2, 0) is 0 Å². The van der Waals surface area contributed by atoms with E-state index in [1.54, 1.807) is 30.3 Å². The summed E-state index contributed by atoms with van der Waals surface area (Å²) in [6.07, 6.45) is 0. The molecule has 0 saturated carbocycles. The van der Waals surface area contributed by atoms with E-state index in [0.29, 0.717) is 16.3 Å². The van der Waals surface area contributed by atoms with Crippen molar-refractivity contribution in [3.05, 3.63) is 64.9 Å². The second-order valence-corrected chi connectivity index (χ2v) is 4.11. The monoisotopic (exact) mass is 264 g/mol. The number of halogens is 2. The Morgan fingerprint density at radius 1 is 1.17 bits per heavy atom. The molecule has 0 aliphatic carbocycles. The Balaban J connectivity index is 1.98. The van der Waals surface area contributed by atoms with Crippen molar-refractivity contribution in [2.75, 3.05) is 6.61 Å². The van der Waals surface area contributed by atoms with Crippen LogP contribution in [-0.4, -0.2) is 12.4 Å². The summed E-state index contributed by atoms with van der Waals surface area (Å²) in [4.78, 5) is 11.8. The average molecular weight is 265 g/mol. The van der Waals surface area contributed by atoms with Crippen LogP contribution in [0.2, 0.25) is 5.02 Å². The zero-order chi connectivity index (χ0) is 13.0. The van der Waals surface area contributed by atoms with Gasteiger partial charge in [-0.3, -0.25) is 4.79 Å². The van der Waals surface area contributed by atoms with Crippen LogP contribution in [0.4, 0.5) is 4.39 Å². The first-order valence-electron chi connectivity index (χ1n) is 5.32. The number of carbonyl (C=O) groups excluding carboxylic acids is 1. The summed E-state index contributed by atoms with van der Waals surface area (Å²) in [5.41, 5.74) is 0.510. The predicted octanol–water partition coefficient (Wildman–Crippen LogP) is 3.74. The summed E-state index contributed by atoms with van der Waals surface area (Å²) in [6.45, 7) is -0.134. The van der Waals surface area contributed by atoms with E-state index in [0.717, 1.165) is 0 Å². The van der Waals surface area contributed by atoms with Crippen LogP contribution in [0.25, 0.3) is 0 Å². The quantitative estimate of drug-likeness (QED) is 0.787. The fourth-order valence-electron chi connectivity index (χ4n) is 1.42. The molecule has 0 aliphatic rings. The Morgan fingerprint density at radius 3 is 2.56 bits per heavy atom. The lowest BCUT2D eigenvalue weighted by atomic mass is 10.1. The molecule has 0 aliphatic heterocycles. The van der Waals surface area contributed by atoms with E-state index in [1.807, 2.05) is 0 Å². The largest absolute Gasteiger partial charge is 0.485 e. The first-order chi connectivity index (χ1) is 8.65. The Kier molecular flexibility index (Phi) is 3.95. The highest BCUT2D eigenvalue weighted by Crippen LogP contribution is 2.13. The predicted molar refractivity (Wildman–Crippen MR) is 67.7 cm³/mol. The average Bonchev–Trinajstić information content (AvgIpc) is 2.37. The molecule has 0 saturated heterocycles. The Bertz CT molecular complexity index is 552. The number of benzene rings is 2. The third kappa shape index (κ3) is 3.31. The fraction of sp³-hybridized carbons (Fsp3) is 0.0714. The zero-order valence-electron chi connectivity index (χ0n) is 9.40. The molecule has 4 heteroatoms. The first kappa shape index (κ1) is 12.6. The van der Waals surface area contributed by atoms with Gasteiger partial charge < -0.3 is 4.74 Å². The number of hydrogen-bond acceptors (Lipinski definition) is 2. The maximum absolute atomic E-state index is 12.9. The molecule has 92 valence electrons. The van der Waals surface area contributed by atoms with Crippen LogP contribution < -0.4 is 4.74 Å². The van der Waals surface area contributed by atoms with Gasteiger partial charge in [-0.1, -0.05) is 17.7 Å². The molecular weight excluding hydrogens is 255 g/mol. The molecule has 0 radical (unpaired) electrons. The van der Waals surface area contributed by atoms with Gasteiger partial charge in [0, 0.05) is 16.7 Å². The van der Waals surface area contributed by atoms with Crippen molar-refractivity contribution in [1.82, 2.24) is 0 Å². The molecule has 0 heterocycles. The smallest absolute Gasteiger partial charge is 0.200 e. The number of ketones is 1. The Labute approximate surface area is 109 Å². The number of hydrogen-bond donors (Lipinski definition) is 0. The SMILES string of the molecule is O=C(COc1cccc(F)c1)c1ccc(Cl)cc1. The van der Waals surface area contributed by atoms with Crippen molar-refractivity contribution in [3.63, 3.8) is 0 Å². The van der Waals surface area contributed by atoms with E-state index in [1.165, 1.54) is 18.2 Å². The highest BCUT2D eigenvalue weighted by molar-refractivity contribution is 6.30. The molecule has 0 bridgehead atoms. The molecule has 2 rings (SSSR count). The van der Waals surface area contributed by atoms with E-state index >= 15 is 0 Å². The summed E-state index contributed by atoms with van der Waals surface area (Å²) >= 11 is 5.72. The van der Waals surface area contributed by atoms with Gasteiger partial charge in [0.1, 0.15) is 11.6 Å². The zero-order valence-corrected chi connectivity index (χ0v) is 10.2. The van der Waals surface area contributed by atoms with Crippen LogP contribution in [0.3, 0.4) is 0 Å². The van der Waals surface area contributed by atoms with Gasteiger partial charge in [0.25, 0.3) is 0 Å². The molecule has 2 aromatic rings. The summed E-state index contributed by atoms with van der Waals surface area (Å²) in [7, 11) is 0. The molecule has 0 fully saturated rings. The summed E-state index contributed by atoms with van der Waals surface area (Å²) in [5.74, 6) is -0.250. The van der Waals surface area contributed by atoms with Crippen LogP contribution in [0, 0.1) is 5.82 Å². The molecule has 2 aromatic carbocycles. The van der Waals surface area contributed by atoms with Crippen molar-refractivity contribution in [1.29, 1.82) is 0 Å². The number of carbonyl (C=O) groups is 1. The highest BCUT2D eigenvalue weighted by Gasteiger charge is 2.06. The van der Waals surface area contributed by atoms with E-state index < -0.39 is 5.82 Å². The lowest BCUT2D eigenvalue weighted by molar-refractivity contribution is 0.0921. The van der Waals surface area contributed by atoms with Gasteiger partial charge >= 0.3 is 0 Å². The molecule has 0 amide bonds. The second-order valence-electron chi connectivity index (χ2n) is 3.68. The minimum absolute atomic E-state index is 0.134. The van der Waals surface area contributed by atoms with Gasteiger partial charge in [0.05, 0.1) is 0 Å². The molecule has 0 unspecified atom stereocenters. The molecule has 2 nitrogen and oxygen atoms in total. The highest BCUT2D eigenvalue weighted by atomic mass is 35.5. The second kappa shape index (κ2) is 5.65. The molecule has 18 heavy (non-hydrogen) atoms. The van der Waals surface area contributed by atoms with Crippen molar-refractivity contribution >= 4 is 17.4 Å². The topological polar surface area (TPSA) is 26.3 Å². The van der Waals surface area contributed by atoms with E-state index in [2.05, 4.69) is 0 Å². The molecular formula is C14H10ClFO2. The third-order valence-corrected chi connectivity index (χ3v) is 2.58. The lowest BCUT2D eigenvalue weighted by Gasteiger charge is -2.05. The van der Waals surface area contributed by atoms with Crippen LogP contribution in [0.15, 0.2) is 48.5 Å². The van der Waals surface area contributed by atoms with Crippen molar-refractivity contribution in [2.45, 2.75) is 0 Å². The maximum Gasteiger partial charge on any atom is 0.200 e. The Morgan fingerprint density at radius 2 is 1.89 bits per heavy atom. The fourth-order valence-corrected chi connectivity index (χ4v) is 1.55. The van der Waals surface area contributed by atoms with Gasteiger partial charge in [-0.2, -0.15) is 0 Å². The van der Waals surface area contributed by atoms with Gasteiger partial charge in [0.2, 0.25) is 0 Å². The van der Waals surface area contributed by atoms with Gasteiger partial charge in [-0.15, -0.1) is 0 Å². The Hall–Kier alpha value is -1.87. The van der Waals surface area contributed by atoms with Crippen molar-refractivity contribution in [3.8, 4) is 5.75 Å². The van der Waals surface area contributed by atoms with Crippen molar-refractivity contribution < 1.29 is 13.9 Å². The standard InChI is InChI=1S/C14H10ClFO2/c15-11-6-4-10(5-7-11)14(17)9-18-13-3-1-2-12(16)8-13/h1-8H,9H2. The summed E-state index contributed by atoms with van der Waals surface area (Å²) in [6, 6.07) is 12.2. The van der Waals surface area contributed by atoms with E-state index in [-0.39, 0.29) is 12.4 Å². The van der Waals surface area contributed by atoms with Gasteiger partial charge in [-0.05, 0) is 36.4 Å². The van der Waals surface area contributed by atoms with Crippen LogP contribution >= 0.6 is 11.6 Å². The van der Waals surface area contributed by atoms with Gasteiger partial charge in [0.15, 0.2) is 12.4 Å². The maximum atomic E-state index is 12.9. The van der Waals surface area contributed by atoms with Gasteiger partial charge in [-0.25, -0.2) is 4.39 Å². The van der Waals surface area contributed by atoms with E-state index in [4.69, 9.17) is 16.3 Å². The number of ether oxygens (including phenoxy) is 1. The van der Waals surface area contributed by atoms with E-state index in [9.17, 15) is 9.18 Å². The molecule has 0 atom stereocenters. The molecule has 0 N–H and O–H groups in total.